The lowest BCUT2D eigenvalue weighted by molar-refractivity contribution is -0.133. The molecule has 1 unspecified atom stereocenters. The van der Waals surface area contributed by atoms with Crippen LogP contribution in [-0.2, 0) is 9.53 Å². The lowest BCUT2D eigenvalue weighted by atomic mass is 10.2. The van der Waals surface area contributed by atoms with Crippen molar-refractivity contribution in [3.05, 3.63) is 35.9 Å². The molecule has 0 aromatic heterocycles. The number of alkyl halides is 1. The molecule has 0 bridgehead atoms. The van der Waals surface area contributed by atoms with Gasteiger partial charge in [0.1, 0.15) is 0 Å². The molecule has 0 spiro atoms. The highest BCUT2D eigenvalue weighted by Crippen LogP contribution is 2.39. The molecule has 0 aliphatic carbocycles. The van der Waals surface area contributed by atoms with E-state index in [1.807, 2.05) is 35.2 Å². The van der Waals surface area contributed by atoms with E-state index in [0.29, 0.717) is 6.61 Å². The van der Waals surface area contributed by atoms with Crippen LogP contribution < -0.4 is 0 Å². The summed E-state index contributed by atoms with van der Waals surface area (Å²) in [6, 6.07) is 10.1. The number of ether oxygens (including phenoxy) is 1. The fourth-order valence-corrected chi connectivity index (χ4v) is 3.08. The Labute approximate surface area is 103 Å². The first kappa shape index (κ1) is 10.3. The fraction of sp³-hybridized carbons (Fsp3) is 0.417. The number of rotatable bonds is 1. The molecule has 3 nitrogen and oxygen atoms in total. The van der Waals surface area contributed by atoms with Crippen LogP contribution in [0, 0.1) is 0 Å². The summed E-state index contributed by atoms with van der Waals surface area (Å²) in [5.74, 6) is 0.149. The van der Waals surface area contributed by atoms with Gasteiger partial charge in [0.25, 0.3) is 0 Å². The molecule has 16 heavy (non-hydrogen) atoms. The number of benzene rings is 1. The normalized spacial score (nSPS) is 33.2. The smallest absolute Gasteiger partial charge is 0.239 e. The van der Waals surface area contributed by atoms with Crippen molar-refractivity contribution in [3.8, 4) is 0 Å². The van der Waals surface area contributed by atoms with E-state index >= 15 is 0 Å². The predicted octanol–water partition coefficient (Wildman–Crippen LogP) is 2.08. The molecule has 2 heterocycles. The number of hydrogen-bond donors (Lipinski definition) is 0. The Morgan fingerprint density at radius 1 is 1.31 bits per heavy atom. The largest absolute Gasteiger partial charge is 0.352 e. The monoisotopic (exact) mass is 281 g/mol. The molecular weight excluding hydrogens is 270 g/mol. The van der Waals surface area contributed by atoms with E-state index in [0.717, 1.165) is 12.0 Å². The highest BCUT2D eigenvalue weighted by atomic mass is 79.9. The van der Waals surface area contributed by atoms with E-state index in [4.69, 9.17) is 4.74 Å². The van der Waals surface area contributed by atoms with Crippen molar-refractivity contribution >= 4 is 21.8 Å². The lowest BCUT2D eigenvalue weighted by Crippen LogP contribution is -2.32. The van der Waals surface area contributed by atoms with Gasteiger partial charge in [-0.25, -0.2) is 0 Å². The second-order valence-corrected chi connectivity index (χ2v) is 5.30. The van der Waals surface area contributed by atoms with E-state index < -0.39 is 0 Å². The topological polar surface area (TPSA) is 29.5 Å². The van der Waals surface area contributed by atoms with E-state index in [-0.39, 0.29) is 23.0 Å². The van der Waals surface area contributed by atoms with Gasteiger partial charge >= 0.3 is 0 Å². The van der Waals surface area contributed by atoms with E-state index in [9.17, 15) is 4.79 Å². The predicted molar refractivity (Wildman–Crippen MR) is 63.1 cm³/mol. The molecule has 2 aliphatic rings. The zero-order valence-corrected chi connectivity index (χ0v) is 10.3. The minimum atomic E-state index is -0.193. The van der Waals surface area contributed by atoms with E-state index in [1.54, 1.807) is 0 Å². The van der Waals surface area contributed by atoms with Crippen molar-refractivity contribution < 1.29 is 9.53 Å². The average Bonchev–Trinajstić information content (AvgIpc) is 2.83. The summed E-state index contributed by atoms with van der Waals surface area (Å²) in [6.07, 6.45) is 0.656. The Hall–Kier alpha value is -0.870. The fourth-order valence-electron chi connectivity index (χ4n) is 2.41. The highest BCUT2D eigenvalue weighted by molar-refractivity contribution is 9.10. The molecule has 3 rings (SSSR count). The number of carbonyl (C=O) groups excluding carboxylic acids is 1. The van der Waals surface area contributed by atoms with Crippen LogP contribution in [0.25, 0.3) is 0 Å². The Morgan fingerprint density at radius 2 is 2.06 bits per heavy atom. The van der Waals surface area contributed by atoms with Crippen LogP contribution in [0.4, 0.5) is 0 Å². The number of fused-ring (bicyclic) bond motifs is 1. The van der Waals surface area contributed by atoms with Gasteiger partial charge in [-0.3, -0.25) is 4.79 Å². The molecule has 1 aromatic carbocycles. The van der Waals surface area contributed by atoms with Crippen molar-refractivity contribution in [2.75, 3.05) is 6.61 Å². The Morgan fingerprint density at radius 3 is 2.81 bits per heavy atom. The maximum absolute atomic E-state index is 12.0. The summed E-state index contributed by atoms with van der Waals surface area (Å²) in [6.45, 7) is 0.646. The summed E-state index contributed by atoms with van der Waals surface area (Å²) in [4.78, 5) is 13.8. The SMILES string of the molecule is O=C1[C@@H](Br)C[C@H]2COC(c3ccccc3)N12. The van der Waals surface area contributed by atoms with Crippen LogP contribution in [0.2, 0.25) is 0 Å². The molecular formula is C12H12BrNO2. The standard InChI is InChI=1S/C12H12BrNO2/c13-10-6-9-7-16-12(14(9)11(10)15)8-4-2-1-3-5-8/h1-5,9-10,12H,6-7H2/t9-,10-,12?/m0/s1. The Balaban J connectivity index is 1.91. The average molecular weight is 282 g/mol. The molecule has 0 saturated carbocycles. The van der Waals surface area contributed by atoms with Crippen molar-refractivity contribution in [1.29, 1.82) is 0 Å². The third kappa shape index (κ3) is 1.48. The third-order valence-corrected chi connectivity index (χ3v) is 3.94. The molecule has 3 atom stereocenters. The zero-order chi connectivity index (χ0) is 11.1. The number of hydrogen-bond acceptors (Lipinski definition) is 2. The van der Waals surface area contributed by atoms with Crippen molar-refractivity contribution in [3.63, 3.8) is 0 Å². The van der Waals surface area contributed by atoms with Crippen LogP contribution in [-0.4, -0.2) is 28.3 Å². The summed E-state index contributed by atoms with van der Waals surface area (Å²) in [7, 11) is 0. The van der Waals surface area contributed by atoms with Crippen molar-refractivity contribution in [2.24, 2.45) is 0 Å². The second-order valence-electron chi connectivity index (χ2n) is 4.20. The minimum Gasteiger partial charge on any atom is -0.352 e. The summed E-state index contributed by atoms with van der Waals surface area (Å²) in [5, 5.41) is 0. The van der Waals surface area contributed by atoms with Crippen LogP contribution in [0.15, 0.2) is 30.3 Å². The summed E-state index contributed by atoms with van der Waals surface area (Å²) < 4.78 is 5.71. The Kier molecular flexibility index (Phi) is 2.48. The van der Waals surface area contributed by atoms with E-state index in [1.165, 1.54) is 0 Å². The lowest BCUT2D eigenvalue weighted by Gasteiger charge is -2.22. The van der Waals surface area contributed by atoms with Crippen LogP contribution in [0.3, 0.4) is 0 Å². The van der Waals surface area contributed by atoms with Gasteiger partial charge in [0.15, 0.2) is 6.23 Å². The summed E-state index contributed by atoms with van der Waals surface area (Å²) >= 11 is 3.41. The summed E-state index contributed by atoms with van der Waals surface area (Å²) in [5.41, 5.74) is 1.06. The quantitative estimate of drug-likeness (QED) is 0.738. The van der Waals surface area contributed by atoms with Crippen LogP contribution >= 0.6 is 15.9 Å². The maximum atomic E-state index is 12.0. The molecule has 0 radical (unpaired) electrons. The van der Waals surface area contributed by atoms with Gasteiger partial charge in [0, 0.05) is 5.56 Å². The van der Waals surface area contributed by atoms with Gasteiger partial charge in [0.2, 0.25) is 5.91 Å². The molecule has 2 fully saturated rings. The van der Waals surface area contributed by atoms with Gasteiger partial charge in [0.05, 0.1) is 17.5 Å². The van der Waals surface area contributed by atoms with Gasteiger partial charge in [-0.15, -0.1) is 0 Å². The highest BCUT2D eigenvalue weighted by Gasteiger charge is 2.47. The van der Waals surface area contributed by atoms with Crippen molar-refractivity contribution in [2.45, 2.75) is 23.5 Å². The molecule has 0 N–H and O–H groups in total. The van der Waals surface area contributed by atoms with Gasteiger partial charge < -0.3 is 9.64 Å². The van der Waals surface area contributed by atoms with Gasteiger partial charge in [-0.2, -0.15) is 0 Å². The number of amides is 1. The molecule has 2 aliphatic heterocycles. The second kappa shape index (κ2) is 3.86. The first-order valence-corrected chi connectivity index (χ1v) is 6.32. The Bertz CT molecular complexity index is 409. The maximum Gasteiger partial charge on any atom is 0.239 e. The molecule has 1 amide bonds. The number of carbonyl (C=O) groups is 1. The third-order valence-electron chi connectivity index (χ3n) is 3.18. The molecule has 4 heteroatoms. The first-order chi connectivity index (χ1) is 7.77. The molecule has 1 aromatic rings. The van der Waals surface area contributed by atoms with Crippen LogP contribution in [0.5, 0.6) is 0 Å². The van der Waals surface area contributed by atoms with Gasteiger partial charge in [-0.1, -0.05) is 46.3 Å². The number of nitrogens with zero attached hydrogens (tertiary/aromatic N) is 1. The van der Waals surface area contributed by atoms with Crippen LogP contribution in [0.1, 0.15) is 18.2 Å². The van der Waals surface area contributed by atoms with E-state index in [2.05, 4.69) is 15.9 Å². The van der Waals surface area contributed by atoms with Crippen molar-refractivity contribution in [1.82, 2.24) is 4.90 Å². The zero-order valence-electron chi connectivity index (χ0n) is 8.67. The molecule has 2 saturated heterocycles. The minimum absolute atomic E-state index is 0.0346. The molecule has 84 valence electrons. The first-order valence-electron chi connectivity index (χ1n) is 5.40. The van der Waals surface area contributed by atoms with Gasteiger partial charge in [-0.05, 0) is 6.42 Å². The number of halogens is 1.